The second-order valence-electron chi connectivity index (χ2n) is 6.27. The Labute approximate surface area is 126 Å². The molecule has 2 atom stereocenters. The molecule has 1 N–H and O–H groups in total. The number of rotatable bonds is 2. The summed E-state index contributed by atoms with van der Waals surface area (Å²) in [6.07, 6.45) is 2.47. The van der Waals surface area contributed by atoms with Gasteiger partial charge in [0.2, 0.25) is 0 Å². The Morgan fingerprint density at radius 1 is 1.30 bits per heavy atom. The fourth-order valence-electron chi connectivity index (χ4n) is 3.11. The van der Waals surface area contributed by atoms with E-state index >= 15 is 0 Å². The smallest absolute Gasteiger partial charge is 0.149 e. The second-order valence-corrected chi connectivity index (χ2v) is 7.12. The van der Waals surface area contributed by atoms with Crippen molar-refractivity contribution in [2.24, 2.45) is 5.92 Å². The highest BCUT2D eigenvalue weighted by molar-refractivity contribution is 9.10. The van der Waals surface area contributed by atoms with Crippen molar-refractivity contribution in [3.8, 4) is 0 Å². The third-order valence-corrected chi connectivity index (χ3v) is 5.22. The zero-order valence-corrected chi connectivity index (χ0v) is 13.3. The van der Waals surface area contributed by atoms with Gasteiger partial charge in [-0.15, -0.1) is 0 Å². The van der Waals surface area contributed by atoms with Crippen molar-refractivity contribution in [3.05, 3.63) is 28.2 Å². The largest absolute Gasteiger partial charge is 0.363 e. The molecule has 0 amide bonds. The van der Waals surface area contributed by atoms with Crippen molar-refractivity contribution in [3.63, 3.8) is 0 Å². The minimum absolute atomic E-state index is 0.0276. The van der Waals surface area contributed by atoms with Crippen LogP contribution in [0.15, 0.2) is 16.6 Å². The number of hydrogen-bond acceptors (Lipinski definition) is 2. The van der Waals surface area contributed by atoms with E-state index in [2.05, 4.69) is 40.0 Å². The van der Waals surface area contributed by atoms with Crippen molar-refractivity contribution in [2.75, 3.05) is 18.0 Å². The van der Waals surface area contributed by atoms with Crippen LogP contribution >= 0.6 is 15.9 Å². The van der Waals surface area contributed by atoms with Gasteiger partial charge < -0.3 is 10.2 Å². The number of halogens is 3. The zero-order chi connectivity index (χ0) is 14.5. The molecule has 2 fully saturated rings. The van der Waals surface area contributed by atoms with Gasteiger partial charge in [-0.1, -0.05) is 0 Å². The van der Waals surface area contributed by atoms with E-state index in [0.29, 0.717) is 16.1 Å². The van der Waals surface area contributed by atoms with Crippen LogP contribution in [0.25, 0.3) is 0 Å². The van der Waals surface area contributed by atoms with Gasteiger partial charge in [0.1, 0.15) is 11.6 Å². The van der Waals surface area contributed by atoms with E-state index in [9.17, 15) is 8.78 Å². The van der Waals surface area contributed by atoms with Crippen molar-refractivity contribution in [1.82, 2.24) is 5.32 Å². The predicted molar refractivity (Wildman–Crippen MR) is 80.0 cm³/mol. The summed E-state index contributed by atoms with van der Waals surface area (Å²) in [6.45, 7) is 5.85. The molecule has 3 rings (SSSR count). The van der Waals surface area contributed by atoms with Gasteiger partial charge in [0.25, 0.3) is 0 Å². The van der Waals surface area contributed by atoms with E-state index in [1.165, 1.54) is 12.8 Å². The van der Waals surface area contributed by atoms with Crippen LogP contribution < -0.4 is 10.2 Å². The molecule has 1 aliphatic carbocycles. The second kappa shape index (κ2) is 4.95. The molecule has 0 aromatic heterocycles. The number of hydrogen-bond donors (Lipinski definition) is 1. The van der Waals surface area contributed by atoms with Crippen LogP contribution in [-0.2, 0) is 0 Å². The minimum Gasteiger partial charge on any atom is -0.363 e. The fourth-order valence-corrected chi connectivity index (χ4v) is 3.44. The average molecular weight is 345 g/mol. The number of benzene rings is 1. The summed E-state index contributed by atoms with van der Waals surface area (Å²) in [6, 6.07) is 2.70. The first-order chi connectivity index (χ1) is 9.40. The normalized spacial score (nSPS) is 30.6. The van der Waals surface area contributed by atoms with Gasteiger partial charge in [-0.05, 0) is 54.6 Å². The highest BCUT2D eigenvalue weighted by Crippen LogP contribution is 2.42. The number of anilines is 1. The lowest BCUT2D eigenvalue weighted by molar-refractivity contribution is 0.259. The van der Waals surface area contributed by atoms with Crippen LogP contribution in [0.1, 0.15) is 26.7 Å². The summed E-state index contributed by atoms with van der Waals surface area (Å²) in [5.41, 5.74) is 0.513. The summed E-state index contributed by atoms with van der Waals surface area (Å²) in [5, 5.41) is 3.60. The van der Waals surface area contributed by atoms with Gasteiger partial charge in [-0.2, -0.15) is 0 Å². The maximum Gasteiger partial charge on any atom is 0.149 e. The first-order valence-corrected chi connectivity index (χ1v) is 7.86. The average Bonchev–Trinajstić information content (AvgIpc) is 3.22. The Bertz CT molecular complexity index is 533. The third kappa shape index (κ3) is 2.46. The molecule has 1 aromatic carbocycles. The molecule has 0 radical (unpaired) electrons. The Hall–Kier alpha value is -0.680. The van der Waals surface area contributed by atoms with Gasteiger partial charge in [0, 0.05) is 30.7 Å². The monoisotopic (exact) mass is 344 g/mol. The Kier molecular flexibility index (Phi) is 3.53. The Morgan fingerprint density at radius 3 is 2.65 bits per heavy atom. The standard InChI is InChI=1S/C15H19BrF2N2/c1-9-7-19-15(2,10-3-4-10)8-20(9)14-5-11(16)12(17)6-13(14)18/h5-6,9-10,19H,3-4,7-8H2,1-2H3. The highest BCUT2D eigenvalue weighted by atomic mass is 79.9. The summed E-state index contributed by atoms with van der Waals surface area (Å²) < 4.78 is 27.8. The molecular formula is C15H19BrF2N2. The quantitative estimate of drug-likeness (QED) is 0.823. The van der Waals surface area contributed by atoms with E-state index in [1.54, 1.807) is 6.07 Å². The van der Waals surface area contributed by atoms with E-state index in [0.717, 1.165) is 19.2 Å². The minimum atomic E-state index is -0.556. The van der Waals surface area contributed by atoms with Crippen LogP contribution in [0.4, 0.5) is 14.5 Å². The van der Waals surface area contributed by atoms with E-state index in [-0.39, 0.29) is 11.6 Å². The van der Waals surface area contributed by atoms with Crippen molar-refractivity contribution >= 4 is 21.6 Å². The molecular weight excluding hydrogens is 326 g/mol. The van der Waals surface area contributed by atoms with Crippen LogP contribution in [0, 0.1) is 17.6 Å². The molecule has 110 valence electrons. The molecule has 0 bridgehead atoms. The lowest BCUT2D eigenvalue weighted by atomic mass is 9.91. The zero-order valence-electron chi connectivity index (χ0n) is 11.7. The summed E-state index contributed by atoms with van der Waals surface area (Å²) in [4.78, 5) is 2.06. The Balaban J connectivity index is 1.93. The number of nitrogens with one attached hydrogen (secondary N) is 1. The van der Waals surface area contributed by atoms with E-state index in [4.69, 9.17) is 0 Å². The first kappa shape index (κ1) is 14.3. The molecule has 2 aliphatic rings. The van der Waals surface area contributed by atoms with Gasteiger partial charge in [0.15, 0.2) is 0 Å². The predicted octanol–water partition coefficient (Wildman–Crippen LogP) is 3.69. The van der Waals surface area contributed by atoms with Gasteiger partial charge >= 0.3 is 0 Å². The van der Waals surface area contributed by atoms with Gasteiger partial charge in [-0.3, -0.25) is 0 Å². The SMILES string of the molecule is CC1CNC(C)(C2CC2)CN1c1cc(Br)c(F)cc1F. The molecule has 0 spiro atoms. The van der Waals surface area contributed by atoms with Crippen LogP contribution in [0.2, 0.25) is 0 Å². The first-order valence-electron chi connectivity index (χ1n) is 7.07. The van der Waals surface area contributed by atoms with Crippen LogP contribution in [0.5, 0.6) is 0 Å². The summed E-state index contributed by atoms with van der Waals surface area (Å²) in [7, 11) is 0. The van der Waals surface area contributed by atoms with Gasteiger partial charge in [-0.25, -0.2) is 8.78 Å². The summed E-state index contributed by atoms with van der Waals surface area (Å²) in [5.74, 6) is -0.374. The molecule has 2 unspecified atom stereocenters. The van der Waals surface area contributed by atoms with Crippen LogP contribution in [-0.4, -0.2) is 24.7 Å². The molecule has 20 heavy (non-hydrogen) atoms. The maximum absolute atomic E-state index is 14.1. The van der Waals surface area contributed by atoms with E-state index < -0.39 is 11.6 Å². The number of piperazine rings is 1. The fraction of sp³-hybridized carbons (Fsp3) is 0.600. The lowest BCUT2D eigenvalue weighted by Crippen LogP contribution is -2.63. The molecule has 1 aliphatic heterocycles. The molecule has 1 aromatic rings. The topological polar surface area (TPSA) is 15.3 Å². The molecule has 1 saturated carbocycles. The molecule has 1 heterocycles. The van der Waals surface area contributed by atoms with Crippen molar-refractivity contribution in [2.45, 2.75) is 38.3 Å². The maximum atomic E-state index is 14.1. The van der Waals surface area contributed by atoms with Crippen molar-refractivity contribution in [1.29, 1.82) is 0 Å². The molecule has 5 heteroatoms. The molecule has 2 nitrogen and oxygen atoms in total. The summed E-state index contributed by atoms with van der Waals surface area (Å²) >= 11 is 3.15. The van der Waals surface area contributed by atoms with Crippen LogP contribution in [0.3, 0.4) is 0 Å². The van der Waals surface area contributed by atoms with Crippen molar-refractivity contribution < 1.29 is 8.78 Å². The van der Waals surface area contributed by atoms with Gasteiger partial charge in [0.05, 0.1) is 10.2 Å². The lowest BCUT2D eigenvalue weighted by Gasteiger charge is -2.47. The Morgan fingerprint density at radius 2 is 2.00 bits per heavy atom. The molecule has 1 saturated heterocycles. The third-order valence-electron chi connectivity index (χ3n) is 4.61. The number of nitrogens with zero attached hydrogens (tertiary/aromatic N) is 1. The van der Waals surface area contributed by atoms with E-state index in [1.807, 2.05) is 0 Å². The highest BCUT2D eigenvalue weighted by Gasteiger charge is 2.45.